The van der Waals surface area contributed by atoms with E-state index in [2.05, 4.69) is 10.0 Å². The van der Waals surface area contributed by atoms with Crippen LogP contribution in [0, 0.1) is 0 Å². The fourth-order valence-corrected chi connectivity index (χ4v) is 0.717. The van der Waals surface area contributed by atoms with Gasteiger partial charge < -0.3 is 5.73 Å². The van der Waals surface area contributed by atoms with Crippen LogP contribution in [0.2, 0.25) is 0 Å². The number of hydrogen-bond acceptors (Lipinski definition) is 2. The van der Waals surface area contributed by atoms with Crippen molar-refractivity contribution < 1.29 is 4.79 Å². The third kappa shape index (κ3) is 4.22. The Hall–Kier alpha value is -1.22. The molecular weight excluding hydrogens is 144 g/mol. The molecule has 0 saturated heterocycles. The molecule has 0 rings (SSSR count). The first-order chi connectivity index (χ1) is 5.22. The van der Waals surface area contributed by atoms with Crippen molar-refractivity contribution in [3.05, 3.63) is 10.4 Å². The Morgan fingerprint density at radius 1 is 1.82 bits per heavy atom. The largest absolute Gasteiger partial charge is 0.369 e. The molecule has 11 heavy (non-hydrogen) atoms. The second-order valence-electron chi connectivity index (χ2n) is 2.27. The molecule has 0 fully saturated rings. The van der Waals surface area contributed by atoms with Gasteiger partial charge in [0.15, 0.2) is 0 Å². The van der Waals surface area contributed by atoms with E-state index in [0.717, 1.165) is 12.8 Å². The summed E-state index contributed by atoms with van der Waals surface area (Å²) < 4.78 is 0. The van der Waals surface area contributed by atoms with Crippen LogP contribution in [0.1, 0.15) is 26.2 Å². The van der Waals surface area contributed by atoms with Gasteiger partial charge in [0.05, 0.1) is 0 Å². The molecule has 5 heteroatoms. The summed E-state index contributed by atoms with van der Waals surface area (Å²) in [5.41, 5.74) is 13.0. The summed E-state index contributed by atoms with van der Waals surface area (Å²) in [7, 11) is 0. The smallest absolute Gasteiger partial charge is 0.226 e. The van der Waals surface area contributed by atoms with Crippen molar-refractivity contribution in [1.82, 2.24) is 0 Å². The minimum Gasteiger partial charge on any atom is -0.369 e. The Morgan fingerprint density at radius 3 is 2.82 bits per heavy atom. The number of nitrogens with zero attached hydrogens (tertiary/aromatic N) is 3. The molecule has 0 bridgehead atoms. The summed E-state index contributed by atoms with van der Waals surface area (Å²) in [5, 5.41) is 3.27. The molecule has 0 aliphatic carbocycles. The Kier molecular flexibility index (Phi) is 4.94. The Labute approximate surface area is 65.2 Å². The van der Waals surface area contributed by atoms with Gasteiger partial charge >= 0.3 is 0 Å². The number of hydrogen-bond donors (Lipinski definition) is 1. The lowest BCUT2D eigenvalue weighted by molar-refractivity contribution is -0.119. The fourth-order valence-electron chi connectivity index (χ4n) is 0.717. The SMILES string of the molecule is CCCC[C@@H](N=[N+]=[N-])C(N)=O. The minimum atomic E-state index is -0.667. The number of unbranched alkanes of at least 4 members (excludes halogenated alkanes) is 1. The van der Waals surface area contributed by atoms with Crippen LogP contribution in [-0.2, 0) is 4.79 Å². The van der Waals surface area contributed by atoms with E-state index in [-0.39, 0.29) is 0 Å². The van der Waals surface area contributed by atoms with Crippen LogP contribution in [0.4, 0.5) is 0 Å². The lowest BCUT2D eigenvalue weighted by Crippen LogP contribution is -2.26. The maximum absolute atomic E-state index is 10.6. The Balaban J connectivity index is 3.89. The highest BCUT2D eigenvalue weighted by Gasteiger charge is 2.11. The molecule has 0 aromatic rings. The molecule has 0 saturated carbocycles. The van der Waals surface area contributed by atoms with Crippen LogP contribution < -0.4 is 5.73 Å². The van der Waals surface area contributed by atoms with Crippen molar-refractivity contribution in [1.29, 1.82) is 0 Å². The first-order valence-corrected chi connectivity index (χ1v) is 3.56. The molecular formula is C6H12N4O. The van der Waals surface area contributed by atoms with Crippen molar-refractivity contribution in [3.63, 3.8) is 0 Å². The van der Waals surface area contributed by atoms with E-state index in [0.29, 0.717) is 6.42 Å². The van der Waals surface area contributed by atoms with Crippen molar-refractivity contribution >= 4 is 5.91 Å². The lowest BCUT2D eigenvalue weighted by Gasteiger charge is -2.03. The van der Waals surface area contributed by atoms with Crippen LogP contribution >= 0.6 is 0 Å². The zero-order valence-corrected chi connectivity index (χ0v) is 6.53. The highest BCUT2D eigenvalue weighted by atomic mass is 16.1. The van der Waals surface area contributed by atoms with Crippen molar-refractivity contribution in [2.75, 3.05) is 0 Å². The van der Waals surface area contributed by atoms with Gasteiger partial charge in [-0.1, -0.05) is 24.9 Å². The summed E-state index contributed by atoms with van der Waals surface area (Å²) in [6, 6.07) is -0.667. The van der Waals surface area contributed by atoms with E-state index in [1.54, 1.807) is 0 Å². The number of carbonyl (C=O) groups excluding carboxylic acids is 1. The Bertz CT molecular complexity index is 171. The molecule has 0 aromatic heterocycles. The third-order valence-electron chi connectivity index (χ3n) is 1.35. The molecule has 62 valence electrons. The van der Waals surface area contributed by atoms with E-state index in [1.165, 1.54) is 0 Å². The molecule has 5 nitrogen and oxygen atoms in total. The quantitative estimate of drug-likeness (QED) is 0.363. The second kappa shape index (κ2) is 5.56. The average molecular weight is 156 g/mol. The average Bonchev–Trinajstić information content (AvgIpc) is 1.97. The standard InChI is InChI=1S/C6H12N4O/c1-2-3-4-5(6(7)11)9-10-8/h5H,2-4H2,1H3,(H2,7,11)/t5-/m1/s1. The molecule has 2 N–H and O–H groups in total. The van der Waals surface area contributed by atoms with Gasteiger partial charge in [0.2, 0.25) is 5.91 Å². The molecule has 1 amide bonds. The van der Waals surface area contributed by atoms with Crippen LogP contribution in [-0.4, -0.2) is 11.9 Å². The summed E-state index contributed by atoms with van der Waals surface area (Å²) in [4.78, 5) is 13.1. The van der Waals surface area contributed by atoms with Gasteiger partial charge in [-0.3, -0.25) is 4.79 Å². The first-order valence-electron chi connectivity index (χ1n) is 3.56. The van der Waals surface area contributed by atoms with Gasteiger partial charge in [-0.05, 0) is 12.0 Å². The van der Waals surface area contributed by atoms with E-state index < -0.39 is 11.9 Å². The van der Waals surface area contributed by atoms with Gasteiger partial charge in [-0.15, -0.1) is 0 Å². The summed E-state index contributed by atoms with van der Waals surface area (Å²) in [6.07, 6.45) is 2.37. The molecule has 0 heterocycles. The molecule has 0 aliphatic rings. The number of rotatable bonds is 5. The van der Waals surface area contributed by atoms with Gasteiger partial charge in [-0.25, -0.2) is 0 Å². The topological polar surface area (TPSA) is 91.8 Å². The van der Waals surface area contributed by atoms with E-state index >= 15 is 0 Å². The zero-order valence-electron chi connectivity index (χ0n) is 6.53. The predicted octanol–water partition coefficient (Wildman–Crippen LogP) is 1.34. The van der Waals surface area contributed by atoms with Crippen molar-refractivity contribution in [3.8, 4) is 0 Å². The maximum Gasteiger partial charge on any atom is 0.226 e. The summed E-state index contributed by atoms with van der Waals surface area (Å²) >= 11 is 0. The predicted molar refractivity (Wildman–Crippen MR) is 41.7 cm³/mol. The van der Waals surface area contributed by atoms with E-state index in [9.17, 15) is 4.79 Å². The zero-order chi connectivity index (χ0) is 8.69. The summed E-state index contributed by atoms with van der Waals surface area (Å²) in [6.45, 7) is 1.99. The fraction of sp³-hybridized carbons (Fsp3) is 0.833. The van der Waals surface area contributed by atoms with Gasteiger partial charge in [0.25, 0.3) is 0 Å². The van der Waals surface area contributed by atoms with Crippen LogP contribution in [0.5, 0.6) is 0 Å². The number of carbonyl (C=O) groups is 1. The lowest BCUT2D eigenvalue weighted by atomic mass is 10.1. The van der Waals surface area contributed by atoms with Gasteiger partial charge in [-0.2, -0.15) is 0 Å². The Morgan fingerprint density at radius 2 is 2.45 bits per heavy atom. The molecule has 0 spiro atoms. The number of nitrogens with two attached hydrogens (primary N) is 1. The highest BCUT2D eigenvalue weighted by Crippen LogP contribution is 2.03. The monoisotopic (exact) mass is 156 g/mol. The first kappa shape index (κ1) is 9.78. The second-order valence-corrected chi connectivity index (χ2v) is 2.27. The molecule has 0 unspecified atom stereocenters. The van der Waals surface area contributed by atoms with E-state index in [1.807, 2.05) is 6.92 Å². The molecule has 0 radical (unpaired) electrons. The maximum atomic E-state index is 10.6. The number of amides is 1. The van der Waals surface area contributed by atoms with Crippen LogP contribution in [0.25, 0.3) is 10.4 Å². The van der Waals surface area contributed by atoms with Gasteiger partial charge in [0, 0.05) is 4.91 Å². The van der Waals surface area contributed by atoms with Crippen LogP contribution in [0.3, 0.4) is 0 Å². The minimum absolute atomic E-state index is 0.545. The number of primary amides is 1. The summed E-state index contributed by atoms with van der Waals surface area (Å²) in [5.74, 6) is -0.545. The molecule has 0 aromatic carbocycles. The van der Waals surface area contributed by atoms with Crippen molar-refractivity contribution in [2.45, 2.75) is 32.2 Å². The number of azide groups is 1. The van der Waals surface area contributed by atoms with Gasteiger partial charge in [0.1, 0.15) is 6.04 Å². The van der Waals surface area contributed by atoms with E-state index in [4.69, 9.17) is 11.3 Å². The molecule has 1 atom stereocenters. The van der Waals surface area contributed by atoms with Crippen LogP contribution in [0.15, 0.2) is 5.11 Å². The normalized spacial score (nSPS) is 11.7. The van der Waals surface area contributed by atoms with Crippen molar-refractivity contribution in [2.24, 2.45) is 10.8 Å². The molecule has 0 aliphatic heterocycles. The third-order valence-corrected chi connectivity index (χ3v) is 1.35. The highest BCUT2D eigenvalue weighted by molar-refractivity contribution is 5.79.